The smallest absolute Gasteiger partial charge is 0.138 e. The van der Waals surface area contributed by atoms with Gasteiger partial charge in [-0.25, -0.2) is 14.4 Å². The number of rotatable bonds is 8. The van der Waals surface area contributed by atoms with Crippen LogP contribution in [0.25, 0.3) is 0 Å². The molecule has 0 bridgehead atoms. The first-order valence-electron chi connectivity index (χ1n) is 6.66. The molecule has 4 nitrogen and oxygen atoms in total. The van der Waals surface area contributed by atoms with Crippen molar-refractivity contribution in [3.05, 3.63) is 53.9 Å². The molecule has 0 atom stereocenters. The fourth-order valence-electron chi connectivity index (χ4n) is 1.63. The van der Waals surface area contributed by atoms with Crippen LogP contribution in [-0.2, 0) is 17.0 Å². The number of hydrogen-bond donors (Lipinski definition) is 1. The highest BCUT2D eigenvalue weighted by Crippen LogP contribution is 2.21. The third-order valence-corrected chi connectivity index (χ3v) is 3.76. The van der Waals surface area contributed by atoms with Crippen LogP contribution in [0, 0.1) is 5.82 Å². The molecule has 0 spiro atoms. The van der Waals surface area contributed by atoms with Crippen molar-refractivity contribution in [1.82, 2.24) is 15.3 Å². The molecule has 0 amide bonds. The summed E-state index contributed by atoms with van der Waals surface area (Å²) in [6, 6.07) is 6.43. The summed E-state index contributed by atoms with van der Waals surface area (Å²) in [6.45, 7) is 2.22. The summed E-state index contributed by atoms with van der Waals surface area (Å²) in [6.07, 6.45) is 3.65. The number of nitrogens with one attached hydrogen (secondary N) is 1. The molecule has 112 valence electrons. The van der Waals surface area contributed by atoms with Gasteiger partial charge in [0.05, 0.1) is 12.4 Å². The Labute approximate surface area is 128 Å². The lowest BCUT2D eigenvalue weighted by Crippen LogP contribution is -2.18. The van der Waals surface area contributed by atoms with Crippen LogP contribution in [0.2, 0.25) is 0 Å². The van der Waals surface area contributed by atoms with Crippen molar-refractivity contribution < 1.29 is 9.13 Å². The first-order valence-corrected chi connectivity index (χ1v) is 7.64. The molecule has 1 aromatic heterocycles. The van der Waals surface area contributed by atoms with Crippen molar-refractivity contribution in [2.24, 2.45) is 0 Å². The predicted octanol–water partition coefficient (Wildman–Crippen LogP) is 2.64. The molecule has 0 radical (unpaired) electrons. The Morgan fingerprint density at radius 1 is 1.19 bits per heavy atom. The van der Waals surface area contributed by atoms with Crippen molar-refractivity contribution >= 4 is 11.8 Å². The molecule has 0 aliphatic rings. The molecule has 0 aliphatic heterocycles. The van der Waals surface area contributed by atoms with E-state index in [4.69, 9.17) is 4.74 Å². The van der Waals surface area contributed by atoms with Crippen molar-refractivity contribution in [3.8, 4) is 0 Å². The molecule has 2 aromatic rings. The summed E-state index contributed by atoms with van der Waals surface area (Å²) in [5.74, 6) is 1.22. The topological polar surface area (TPSA) is 47.0 Å². The van der Waals surface area contributed by atoms with Crippen LogP contribution in [-0.4, -0.2) is 30.2 Å². The van der Waals surface area contributed by atoms with Crippen LogP contribution in [0.3, 0.4) is 0 Å². The molecule has 1 heterocycles. The third-order valence-electron chi connectivity index (χ3n) is 2.75. The lowest BCUT2D eigenvalue weighted by molar-refractivity contribution is 0.199. The minimum absolute atomic E-state index is 0.221. The molecule has 6 heteroatoms. The number of nitrogens with zero attached hydrogens (tertiary/aromatic N) is 2. The highest BCUT2D eigenvalue weighted by Gasteiger charge is 2.00. The Hall–Kier alpha value is -1.50. The van der Waals surface area contributed by atoms with Gasteiger partial charge in [-0.05, 0) is 24.3 Å². The number of ether oxygens (including phenoxy) is 1. The van der Waals surface area contributed by atoms with Crippen molar-refractivity contribution in [2.45, 2.75) is 17.2 Å². The number of methoxy groups -OCH3 is 1. The van der Waals surface area contributed by atoms with Crippen molar-refractivity contribution in [1.29, 1.82) is 0 Å². The first kappa shape index (κ1) is 15.9. The van der Waals surface area contributed by atoms with Crippen LogP contribution < -0.4 is 5.32 Å². The second-order valence-electron chi connectivity index (χ2n) is 4.42. The zero-order chi connectivity index (χ0) is 14.9. The Morgan fingerprint density at radius 2 is 1.90 bits per heavy atom. The van der Waals surface area contributed by atoms with Crippen LogP contribution in [0.4, 0.5) is 4.39 Å². The van der Waals surface area contributed by atoms with Gasteiger partial charge in [0.25, 0.3) is 0 Å². The van der Waals surface area contributed by atoms with Crippen LogP contribution in [0.15, 0.2) is 41.6 Å². The highest BCUT2D eigenvalue weighted by molar-refractivity contribution is 7.98. The average Bonchev–Trinajstić information content (AvgIpc) is 2.52. The Balaban J connectivity index is 1.78. The normalized spacial score (nSPS) is 10.8. The van der Waals surface area contributed by atoms with Gasteiger partial charge in [-0.2, -0.15) is 0 Å². The quantitative estimate of drug-likeness (QED) is 0.600. The monoisotopic (exact) mass is 307 g/mol. The predicted molar refractivity (Wildman–Crippen MR) is 81.6 cm³/mol. The van der Waals surface area contributed by atoms with Crippen molar-refractivity contribution in [2.75, 3.05) is 20.3 Å². The second kappa shape index (κ2) is 8.71. The van der Waals surface area contributed by atoms with E-state index in [0.29, 0.717) is 12.4 Å². The van der Waals surface area contributed by atoms with E-state index in [2.05, 4.69) is 15.3 Å². The molecule has 0 unspecified atom stereocenters. The van der Waals surface area contributed by atoms with Gasteiger partial charge in [-0.1, -0.05) is 0 Å². The van der Waals surface area contributed by atoms with Gasteiger partial charge in [0.1, 0.15) is 11.6 Å². The van der Waals surface area contributed by atoms with E-state index in [-0.39, 0.29) is 5.82 Å². The largest absolute Gasteiger partial charge is 0.383 e. The van der Waals surface area contributed by atoms with E-state index in [1.54, 1.807) is 31.0 Å². The minimum atomic E-state index is -0.221. The summed E-state index contributed by atoms with van der Waals surface area (Å²) in [5.41, 5.74) is 1.04. The van der Waals surface area contributed by atoms with Crippen LogP contribution >= 0.6 is 11.8 Å². The van der Waals surface area contributed by atoms with E-state index in [1.165, 1.54) is 12.1 Å². The molecule has 21 heavy (non-hydrogen) atoms. The second-order valence-corrected chi connectivity index (χ2v) is 5.47. The number of hydrogen-bond acceptors (Lipinski definition) is 5. The van der Waals surface area contributed by atoms with E-state index < -0.39 is 0 Å². The van der Waals surface area contributed by atoms with Gasteiger partial charge >= 0.3 is 0 Å². The third kappa shape index (κ3) is 5.79. The molecule has 0 fully saturated rings. The SMILES string of the molecule is COCCNCc1cnc(CSc2ccc(F)cc2)nc1. The zero-order valence-corrected chi connectivity index (χ0v) is 12.7. The fraction of sp³-hybridized carbons (Fsp3) is 0.333. The number of thioether (sulfide) groups is 1. The lowest BCUT2D eigenvalue weighted by atomic mass is 10.3. The standard InChI is InChI=1S/C15H18FN3OS/c1-20-7-6-17-8-12-9-18-15(19-10-12)11-21-14-4-2-13(16)3-5-14/h2-5,9-10,17H,6-8,11H2,1H3. The van der Waals surface area contributed by atoms with E-state index in [0.717, 1.165) is 29.4 Å². The molecule has 0 saturated carbocycles. The van der Waals surface area contributed by atoms with Gasteiger partial charge < -0.3 is 10.1 Å². The Morgan fingerprint density at radius 3 is 2.57 bits per heavy atom. The molecule has 1 aromatic carbocycles. The number of benzene rings is 1. The minimum Gasteiger partial charge on any atom is -0.383 e. The van der Waals surface area contributed by atoms with Crippen molar-refractivity contribution in [3.63, 3.8) is 0 Å². The molecule has 2 rings (SSSR count). The lowest BCUT2D eigenvalue weighted by Gasteiger charge is -2.05. The summed E-state index contributed by atoms with van der Waals surface area (Å²) in [7, 11) is 1.68. The zero-order valence-electron chi connectivity index (χ0n) is 11.9. The summed E-state index contributed by atoms with van der Waals surface area (Å²) in [5, 5.41) is 3.24. The Bertz CT molecular complexity index is 534. The first-order chi connectivity index (χ1) is 10.3. The summed E-state index contributed by atoms with van der Waals surface area (Å²) >= 11 is 1.59. The van der Waals surface area contributed by atoms with E-state index in [9.17, 15) is 4.39 Å². The van der Waals surface area contributed by atoms with Crippen LogP contribution in [0.1, 0.15) is 11.4 Å². The molecule has 1 N–H and O–H groups in total. The maximum atomic E-state index is 12.8. The van der Waals surface area contributed by atoms with E-state index in [1.807, 2.05) is 12.4 Å². The van der Waals surface area contributed by atoms with Crippen LogP contribution in [0.5, 0.6) is 0 Å². The van der Waals surface area contributed by atoms with Gasteiger partial charge in [0, 0.05) is 43.1 Å². The van der Waals surface area contributed by atoms with Gasteiger partial charge in [0.2, 0.25) is 0 Å². The van der Waals surface area contributed by atoms with Gasteiger partial charge in [0.15, 0.2) is 0 Å². The summed E-state index contributed by atoms with van der Waals surface area (Å²) in [4.78, 5) is 9.67. The highest BCUT2D eigenvalue weighted by atomic mass is 32.2. The molecule has 0 aliphatic carbocycles. The fourth-order valence-corrected chi connectivity index (χ4v) is 2.41. The molecule has 0 saturated heterocycles. The maximum absolute atomic E-state index is 12.8. The number of aromatic nitrogens is 2. The summed E-state index contributed by atoms with van der Waals surface area (Å²) < 4.78 is 17.8. The number of halogens is 1. The molecular weight excluding hydrogens is 289 g/mol. The molecular formula is C15H18FN3OS. The maximum Gasteiger partial charge on any atom is 0.138 e. The van der Waals surface area contributed by atoms with E-state index >= 15 is 0 Å². The van der Waals surface area contributed by atoms with Gasteiger partial charge in [-0.15, -0.1) is 11.8 Å². The Kier molecular flexibility index (Phi) is 6.59. The van der Waals surface area contributed by atoms with Gasteiger partial charge in [-0.3, -0.25) is 0 Å². The average molecular weight is 307 g/mol.